The largest absolute Gasteiger partial charge is 0.462 e. The molecule has 0 saturated heterocycles. The average molecular weight is 403 g/mol. The lowest BCUT2D eigenvalue weighted by atomic mass is 10.1. The van der Waals surface area contributed by atoms with E-state index in [9.17, 15) is 4.79 Å². The molecule has 0 amide bonds. The monoisotopic (exact) mass is 402 g/mol. The van der Waals surface area contributed by atoms with Gasteiger partial charge in [-0.05, 0) is 75.4 Å². The van der Waals surface area contributed by atoms with E-state index in [1.165, 1.54) is 17.7 Å². The highest BCUT2D eigenvalue weighted by molar-refractivity contribution is 7.80. The zero-order chi connectivity index (χ0) is 19.4. The van der Waals surface area contributed by atoms with Gasteiger partial charge >= 0.3 is 5.97 Å². The number of anilines is 2. The molecule has 0 unspecified atom stereocenters. The number of esters is 1. The van der Waals surface area contributed by atoms with Crippen LogP contribution < -0.4 is 10.6 Å². The molecular formula is C21H26N2O2S2. The molecule has 3 rings (SSSR count). The van der Waals surface area contributed by atoms with Crippen molar-refractivity contribution in [1.82, 2.24) is 0 Å². The molecule has 0 fully saturated rings. The lowest BCUT2D eigenvalue weighted by Gasteiger charge is -2.15. The standard InChI is InChI=1S/C21H26N2O2S2/c1-4-25-20(24)17-15-11-6-5-7-12-16(15)27-19(17)23-21(26)22-18-13(2)9-8-10-14(18)3/h8-10H,4-7,11-12H2,1-3H3,(H2,22,23,26). The molecule has 0 radical (unpaired) electrons. The highest BCUT2D eigenvalue weighted by atomic mass is 32.1. The maximum atomic E-state index is 12.6. The van der Waals surface area contributed by atoms with Crippen LogP contribution in [0.1, 0.15) is 58.1 Å². The van der Waals surface area contributed by atoms with Crippen LogP contribution >= 0.6 is 23.6 Å². The van der Waals surface area contributed by atoms with Gasteiger partial charge in [-0.25, -0.2) is 4.79 Å². The van der Waals surface area contributed by atoms with Crippen LogP contribution in [0.2, 0.25) is 0 Å². The molecule has 1 aliphatic carbocycles. The summed E-state index contributed by atoms with van der Waals surface area (Å²) < 4.78 is 5.34. The Balaban J connectivity index is 1.87. The van der Waals surface area contributed by atoms with Gasteiger partial charge in [-0.15, -0.1) is 11.3 Å². The van der Waals surface area contributed by atoms with E-state index in [-0.39, 0.29) is 5.97 Å². The van der Waals surface area contributed by atoms with Crippen LogP contribution in [-0.2, 0) is 17.6 Å². The molecule has 2 N–H and O–H groups in total. The van der Waals surface area contributed by atoms with Crippen LogP contribution in [0.25, 0.3) is 0 Å². The molecule has 1 aromatic heterocycles. The van der Waals surface area contributed by atoms with Crippen LogP contribution in [0.5, 0.6) is 0 Å². The van der Waals surface area contributed by atoms with Gasteiger partial charge in [0.25, 0.3) is 0 Å². The number of rotatable bonds is 4. The van der Waals surface area contributed by atoms with Crippen LogP contribution in [0.15, 0.2) is 18.2 Å². The van der Waals surface area contributed by atoms with Crippen molar-refractivity contribution in [2.45, 2.75) is 52.9 Å². The van der Waals surface area contributed by atoms with Gasteiger partial charge in [-0.3, -0.25) is 0 Å². The molecule has 0 spiro atoms. The lowest BCUT2D eigenvalue weighted by Crippen LogP contribution is -2.21. The molecule has 1 heterocycles. The Morgan fingerprint density at radius 2 is 1.85 bits per heavy atom. The maximum Gasteiger partial charge on any atom is 0.341 e. The topological polar surface area (TPSA) is 50.4 Å². The van der Waals surface area contributed by atoms with Crippen molar-refractivity contribution in [2.24, 2.45) is 0 Å². The van der Waals surface area contributed by atoms with Crippen molar-refractivity contribution < 1.29 is 9.53 Å². The van der Waals surface area contributed by atoms with Crippen LogP contribution in [0.4, 0.5) is 10.7 Å². The fraction of sp³-hybridized carbons (Fsp3) is 0.429. The number of hydrogen-bond donors (Lipinski definition) is 2. The molecule has 1 aromatic carbocycles. The summed E-state index contributed by atoms with van der Waals surface area (Å²) in [5, 5.41) is 7.85. The van der Waals surface area contributed by atoms with E-state index >= 15 is 0 Å². The number of carbonyl (C=O) groups is 1. The Bertz CT molecular complexity index is 838. The molecule has 144 valence electrons. The molecule has 0 saturated carbocycles. The van der Waals surface area contributed by atoms with Crippen molar-refractivity contribution in [3.63, 3.8) is 0 Å². The first-order chi connectivity index (χ1) is 13.0. The number of thiophene rings is 1. The third kappa shape index (κ3) is 4.50. The van der Waals surface area contributed by atoms with Crippen LogP contribution in [0, 0.1) is 13.8 Å². The lowest BCUT2D eigenvalue weighted by molar-refractivity contribution is 0.0527. The van der Waals surface area contributed by atoms with E-state index < -0.39 is 0 Å². The van der Waals surface area contributed by atoms with E-state index in [0.29, 0.717) is 17.3 Å². The summed E-state index contributed by atoms with van der Waals surface area (Å²) in [5.41, 5.74) is 5.09. The second-order valence-corrected chi connectivity index (χ2v) is 8.35. The quantitative estimate of drug-likeness (QED) is 0.395. The van der Waals surface area contributed by atoms with Gasteiger partial charge < -0.3 is 15.4 Å². The summed E-state index contributed by atoms with van der Waals surface area (Å²) in [5.74, 6) is -0.255. The minimum absolute atomic E-state index is 0.255. The number of benzene rings is 1. The summed E-state index contributed by atoms with van der Waals surface area (Å²) in [4.78, 5) is 13.9. The Morgan fingerprint density at radius 1 is 1.15 bits per heavy atom. The third-order valence-corrected chi connectivity index (χ3v) is 6.26. The number of carbonyl (C=O) groups excluding carboxylic acids is 1. The van der Waals surface area contributed by atoms with E-state index in [1.54, 1.807) is 11.3 Å². The zero-order valence-electron chi connectivity index (χ0n) is 16.1. The normalized spacial score (nSPS) is 13.4. The van der Waals surface area contributed by atoms with E-state index in [2.05, 4.69) is 36.6 Å². The predicted molar refractivity (Wildman–Crippen MR) is 117 cm³/mol. The fourth-order valence-electron chi connectivity index (χ4n) is 3.51. The number of aryl methyl sites for hydroxylation is 3. The number of fused-ring (bicyclic) bond motifs is 1. The summed E-state index contributed by atoms with van der Waals surface area (Å²) >= 11 is 7.19. The minimum atomic E-state index is -0.255. The first-order valence-corrected chi connectivity index (χ1v) is 10.7. The number of para-hydroxylation sites is 1. The van der Waals surface area contributed by atoms with Gasteiger partial charge in [-0.2, -0.15) is 0 Å². The molecule has 0 aliphatic heterocycles. The predicted octanol–water partition coefficient (Wildman–Crippen LogP) is 5.62. The molecule has 2 aromatic rings. The van der Waals surface area contributed by atoms with Gasteiger partial charge in [0.1, 0.15) is 5.00 Å². The SMILES string of the molecule is CCOC(=O)c1c(NC(=S)Nc2c(C)cccc2C)sc2c1CCCCC2. The zero-order valence-corrected chi connectivity index (χ0v) is 17.7. The molecule has 0 atom stereocenters. The second kappa shape index (κ2) is 8.85. The highest BCUT2D eigenvalue weighted by Gasteiger charge is 2.26. The second-order valence-electron chi connectivity index (χ2n) is 6.83. The minimum Gasteiger partial charge on any atom is -0.462 e. The molecule has 1 aliphatic rings. The molecule has 6 heteroatoms. The molecule has 0 bridgehead atoms. The average Bonchev–Trinajstić information content (AvgIpc) is 2.79. The molecular weight excluding hydrogens is 376 g/mol. The highest BCUT2D eigenvalue weighted by Crippen LogP contribution is 2.38. The number of thiocarbonyl (C=S) groups is 1. The third-order valence-electron chi connectivity index (χ3n) is 4.85. The summed E-state index contributed by atoms with van der Waals surface area (Å²) in [7, 11) is 0. The van der Waals surface area contributed by atoms with E-state index in [4.69, 9.17) is 17.0 Å². The van der Waals surface area contributed by atoms with Gasteiger partial charge in [0, 0.05) is 10.6 Å². The van der Waals surface area contributed by atoms with Crippen LogP contribution in [0.3, 0.4) is 0 Å². The fourth-order valence-corrected chi connectivity index (χ4v) is 5.06. The first kappa shape index (κ1) is 19.8. The molecule has 27 heavy (non-hydrogen) atoms. The van der Waals surface area contributed by atoms with Gasteiger partial charge in [0.05, 0.1) is 12.2 Å². The number of nitrogens with one attached hydrogen (secondary N) is 2. The number of ether oxygens (including phenoxy) is 1. The summed E-state index contributed by atoms with van der Waals surface area (Å²) in [6, 6.07) is 6.13. The van der Waals surface area contributed by atoms with Crippen LogP contribution in [-0.4, -0.2) is 17.7 Å². The van der Waals surface area contributed by atoms with Gasteiger partial charge in [0.15, 0.2) is 5.11 Å². The Hall–Kier alpha value is -1.92. The maximum absolute atomic E-state index is 12.6. The van der Waals surface area contributed by atoms with E-state index in [0.717, 1.165) is 46.6 Å². The number of hydrogen-bond acceptors (Lipinski definition) is 4. The molecule has 4 nitrogen and oxygen atoms in total. The van der Waals surface area contributed by atoms with Crippen molar-refractivity contribution in [2.75, 3.05) is 17.2 Å². The van der Waals surface area contributed by atoms with Crippen molar-refractivity contribution in [1.29, 1.82) is 0 Å². The Kier molecular flexibility index (Phi) is 6.50. The summed E-state index contributed by atoms with van der Waals surface area (Å²) in [6.07, 6.45) is 5.43. The Morgan fingerprint density at radius 3 is 2.56 bits per heavy atom. The van der Waals surface area contributed by atoms with Gasteiger partial charge in [-0.1, -0.05) is 24.6 Å². The van der Waals surface area contributed by atoms with Crippen molar-refractivity contribution in [3.05, 3.63) is 45.3 Å². The Labute approximate surface area is 170 Å². The smallest absolute Gasteiger partial charge is 0.341 e. The van der Waals surface area contributed by atoms with Crippen molar-refractivity contribution in [3.8, 4) is 0 Å². The van der Waals surface area contributed by atoms with E-state index in [1.807, 2.05) is 13.0 Å². The van der Waals surface area contributed by atoms with Gasteiger partial charge in [0.2, 0.25) is 0 Å². The van der Waals surface area contributed by atoms with Crippen molar-refractivity contribution >= 4 is 45.3 Å². The summed E-state index contributed by atoms with van der Waals surface area (Å²) in [6.45, 7) is 6.31. The first-order valence-electron chi connectivity index (χ1n) is 9.47.